The van der Waals surface area contributed by atoms with Crippen LogP contribution in [0.2, 0.25) is 0 Å². The second-order valence-electron chi connectivity index (χ2n) is 4.61. The molecular formula is C12H16FNO5S. The van der Waals surface area contributed by atoms with Gasteiger partial charge in [-0.15, -0.1) is 0 Å². The molecule has 20 heavy (non-hydrogen) atoms. The van der Waals surface area contributed by atoms with Gasteiger partial charge >= 0.3 is 5.97 Å². The van der Waals surface area contributed by atoms with Gasteiger partial charge < -0.3 is 10.2 Å². The Balaban J connectivity index is 2.99. The minimum absolute atomic E-state index is 0.138. The third-order valence-corrected chi connectivity index (χ3v) is 4.15. The van der Waals surface area contributed by atoms with Crippen LogP contribution >= 0.6 is 0 Å². The number of rotatable bonds is 6. The number of benzene rings is 1. The Morgan fingerprint density at radius 1 is 1.40 bits per heavy atom. The van der Waals surface area contributed by atoms with Gasteiger partial charge in [-0.2, -0.15) is 0 Å². The number of aromatic carboxylic acids is 1. The predicted octanol–water partition coefficient (Wildman–Crippen LogP) is 0.819. The zero-order valence-corrected chi connectivity index (χ0v) is 11.8. The molecule has 8 heteroatoms. The number of carboxylic acid groups (broad SMARTS) is 1. The van der Waals surface area contributed by atoms with Gasteiger partial charge in [0.25, 0.3) is 0 Å². The number of carboxylic acids is 1. The third-order valence-electron chi connectivity index (χ3n) is 2.73. The van der Waals surface area contributed by atoms with Crippen LogP contribution in [0.15, 0.2) is 23.1 Å². The van der Waals surface area contributed by atoms with Crippen LogP contribution in [0.3, 0.4) is 0 Å². The van der Waals surface area contributed by atoms with Gasteiger partial charge in [0.2, 0.25) is 10.0 Å². The summed E-state index contributed by atoms with van der Waals surface area (Å²) in [5.74, 6) is -2.71. The second-order valence-corrected chi connectivity index (χ2v) is 6.38. The number of nitrogens with one attached hydrogen (secondary N) is 1. The molecule has 0 spiro atoms. The highest BCUT2D eigenvalue weighted by atomic mass is 32.2. The maximum Gasteiger partial charge on any atom is 0.338 e. The van der Waals surface area contributed by atoms with Gasteiger partial charge in [0.15, 0.2) is 0 Å². The van der Waals surface area contributed by atoms with Gasteiger partial charge in [-0.05, 0) is 24.1 Å². The summed E-state index contributed by atoms with van der Waals surface area (Å²) in [5, 5.41) is 18.3. The maximum atomic E-state index is 13.2. The molecule has 0 aliphatic rings. The number of aliphatic hydroxyl groups is 1. The van der Waals surface area contributed by atoms with Gasteiger partial charge in [0, 0.05) is 6.54 Å². The summed E-state index contributed by atoms with van der Waals surface area (Å²) in [5.41, 5.74) is -0.725. The van der Waals surface area contributed by atoms with Crippen molar-refractivity contribution < 1.29 is 27.8 Å². The summed E-state index contributed by atoms with van der Waals surface area (Å²) < 4.78 is 39.2. The van der Waals surface area contributed by atoms with Crippen LogP contribution in [-0.4, -0.2) is 37.2 Å². The van der Waals surface area contributed by atoms with E-state index in [1.165, 1.54) is 0 Å². The summed E-state index contributed by atoms with van der Waals surface area (Å²) >= 11 is 0. The molecule has 0 fully saturated rings. The summed E-state index contributed by atoms with van der Waals surface area (Å²) in [7, 11) is -4.00. The lowest BCUT2D eigenvalue weighted by Gasteiger charge is -2.15. The quantitative estimate of drug-likeness (QED) is 0.722. The average Bonchev–Trinajstić information content (AvgIpc) is 2.35. The van der Waals surface area contributed by atoms with E-state index in [-0.39, 0.29) is 17.4 Å². The summed E-state index contributed by atoms with van der Waals surface area (Å²) in [6, 6.07) is 2.48. The number of hydrogen-bond donors (Lipinski definition) is 3. The van der Waals surface area contributed by atoms with Gasteiger partial charge in [0.1, 0.15) is 5.82 Å². The second kappa shape index (κ2) is 6.29. The molecule has 0 aromatic heterocycles. The number of halogens is 1. The van der Waals surface area contributed by atoms with Gasteiger partial charge in [-0.3, -0.25) is 0 Å². The Bertz CT molecular complexity index is 600. The van der Waals surface area contributed by atoms with Crippen LogP contribution in [0.1, 0.15) is 24.2 Å². The first-order valence-corrected chi connectivity index (χ1v) is 7.34. The predicted molar refractivity (Wildman–Crippen MR) is 69.4 cm³/mol. The molecule has 1 rings (SSSR count). The number of aliphatic hydroxyl groups excluding tert-OH is 1. The standard InChI is InChI=1S/C12H16FNO5S/c1-7(2)11(15)6-14-20(18,19)8-3-4-10(13)9(5-8)12(16)17/h3-5,7,11,14-15H,6H2,1-2H3,(H,16,17). The van der Waals surface area contributed by atoms with Crippen molar-refractivity contribution in [2.45, 2.75) is 24.8 Å². The van der Waals surface area contributed by atoms with Crippen molar-refractivity contribution in [1.82, 2.24) is 4.72 Å². The molecule has 0 radical (unpaired) electrons. The molecule has 1 aromatic rings. The maximum absolute atomic E-state index is 13.2. The molecule has 0 heterocycles. The van der Waals surface area contributed by atoms with Crippen LogP contribution in [0.25, 0.3) is 0 Å². The molecule has 0 bridgehead atoms. The van der Waals surface area contributed by atoms with Crippen LogP contribution in [0.4, 0.5) is 4.39 Å². The highest BCUT2D eigenvalue weighted by molar-refractivity contribution is 7.89. The fourth-order valence-electron chi connectivity index (χ4n) is 1.35. The molecule has 0 saturated heterocycles. The number of sulfonamides is 1. The fraction of sp³-hybridized carbons (Fsp3) is 0.417. The van der Waals surface area contributed by atoms with Crippen molar-refractivity contribution in [1.29, 1.82) is 0 Å². The largest absolute Gasteiger partial charge is 0.478 e. The first-order valence-electron chi connectivity index (χ1n) is 5.85. The van der Waals surface area contributed by atoms with E-state index < -0.39 is 33.5 Å². The van der Waals surface area contributed by atoms with Crippen molar-refractivity contribution in [2.24, 2.45) is 5.92 Å². The molecule has 0 aliphatic carbocycles. The molecule has 1 unspecified atom stereocenters. The Hall–Kier alpha value is -1.51. The van der Waals surface area contributed by atoms with E-state index in [4.69, 9.17) is 5.11 Å². The SMILES string of the molecule is CC(C)C(O)CNS(=O)(=O)c1ccc(F)c(C(=O)O)c1. The number of hydrogen-bond acceptors (Lipinski definition) is 4. The summed E-state index contributed by atoms with van der Waals surface area (Å²) in [6.07, 6.45) is -0.871. The first-order chi connectivity index (χ1) is 9.15. The molecule has 0 aliphatic heterocycles. The van der Waals surface area contributed by atoms with E-state index >= 15 is 0 Å². The monoisotopic (exact) mass is 305 g/mol. The van der Waals surface area contributed by atoms with Crippen LogP contribution in [0.5, 0.6) is 0 Å². The van der Waals surface area contributed by atoms with Crippen molar-refractivity contribution in [2.75, 3.05) is 6.54 Å². The normalized spacial score (nSPS) is 13.4. The van der Waals surface area contributed by atoms with E-state index in [0.29, 0.717) is 0 Å². The molecular weight excluding hydrogens is 289 g/mol. The third kappa shape index (κ3) is 3.99. The molecule has 1 atom stereocenters. The molecule has 3 N–H and O–H groups in total. The number of carbonyl (C=O) groups is 1. The van der Waals surface area contributed by atoms with Crippen LogP contribution < -0.4 is 4.72 Å². The Morgan fingerprint density at radius 2 is 2.00 bits per heavy atom. The zero-order chi connectivity index (χ0) is 15.5. The summed E-state index contributed by atoms with van der Waals surface area (Å²) in [4.78, 5) is 10.4. The topological polar surface area (TPSA) is 104 Å². The highest BCUT2D eigenvalue weighted by Crippen LogP contribution is 2.15. The first kappa shape index (κ1) is 16.5. The molecule has 0 amide bonds. The molecule has 1 aromatic carbocycles. The van der Waals surface area contributed by atoms with Crippen LogP contribution in [-0.2, 0) is 10.0 Å². The fourth-order valence-corrected chi connectivity index (χ4v) is 2.43. The van der Waals surface area contributed by atoms with E-state index in [1.807, 2.05) is 0 Å². The van der Waals surface area contributed by atoms with E-state index in [1.54, 1.807) is 13.8 Å². The Labute approximate surface area is 116 Å². The molecule has 0 saturated carbocycles. The van der Waals surface area contributed by atoms with E-state index in [0.717, 1.165) is 18.2 Å². The summed E-state index contributed by atoms with van der Waals surface area (Å²) in [6.45, 7) is 3.23. The zero-order valence-electron chi connectivity index (χ0n) is 11.0. The smallest absolute Gasteiger partial charge is 0.338 e. The lowest BCUT2D eigenvalue weighted by Crippen LogP contribution is -2.34. The van der Waals surface area contributed by atoms with Crippen molar-refractivity contribution in [3.63, 3.8) is 0 Å². The van der Waals surface area contributed by atoms with Crippen LogP contribution in [0, 0.1) is 11.7 Å². The van der Waals surface area contributed by atoms with Gasteiger partial charge in [0.05, 0.1) is 16.6 Å². The molecule has 112 valence electrons. The minimum atomic E-state index is -4.00. The van der Waals surface area contributed by atoms with Gasteiger partial charge in [-0.25, -0.2) is 22.3 Å². The van der Waals surface area contributed by atoms with Crippen molar-refractivity contribution in [3.8, 4) is 0 Å². The van der Waals surface area contributed by atoms with E-state index in [9.17, 15) is 22.7 Å². The van der Waals surface area contributed by atoms with Crippen molar-refractivity contribution in [3.05, 3.63) is 29.6 Å². The average molecular weight is 305 g/mol. The highest BCUT2D eigenvalue weighted by Gasteiger charge is 2.20. The minimum Gasteiger partial charge on any atom is -0.478 e. The lowest BCUT2D eigenvalue weighted by molar-refractivity contribution is 0.0691. The van der Waals surface area contributed by atoms with Gasteiger partial charge in [-0.1, -0.05) is 13.8 Å². The van der Waals surface area contributed by atoms with Crippen molar-refractivity contribution >= 4 is 16.0 Å². The lowest BCUT2D eigenvalue weighted by atomic mass is 10.1. The Kier molecular flexibility index (Phi) is 5.21. The Morgan fingerprint density at radius 3 is 2.50 bits per heavy atom. The molecule has 6 nitrogen and oxygen atoms in total. The van der Waals surface area contributed by atoms with E-state index in [2.05, 4.69) is 4.72 Å².